The molecular weight excluding hydrogens is 384 g/mol. The minimum atomic E-state index is -1.41. The summed E-state index contributed by atoms with van der Waals surface area (Å²) in [5.41, 5.74) is 9.90. The first-order valence-electron chi connectivity index (χ1n) is 5.61. The van der Waals surface area contributed by atoms with Gasteiger partial charge in [0.15, 0.2) is 0 Å². The number of primary amides is 2. The van der Waals surface area contributed by atoms with Gasteiger partial charge in [0.25, 0.3) is 0 Å². The Morgan fingerprint density at radius 3 is 1.12 bits per heavy atom. The van der Waals surface area contributed by atoms with E-state index in [9.17, 15) is 29.4 Å². The molecule has 0 atom stereocenters. The van der Waals surface area contributed by atoms with Crippen LogP contribution >= 0.6 is 0 Å². The minimum Gasteiger partial charge on any atom is -0.549 e. The van der Waals surface area contributed by atoms with Crippen LogP contribution in [0.15, 0.2) is 0 Å². The summed E-state index contributed by atoms with van der Waals surface area (Å²) in [5.74, 6) is -4.31. The van der Waals surface area contributed by atoms with Gasteiger partial charge in [0.2, 0.25) is 11.8 Å². The van der Waals surface area contributed by atoms with Crippen molar-refractivity contribution >= 4 is 23.8 Å². The van der Waals surface area contributed by atoms with Gasteiger partial charge in [0.05, 0.1) is 25.0 Å². The molecule has 13 nitrogen and oxygen atoms in total. The van der Waals surface area contributed by atoms with Crippen LogP contribution in [0.4, 0.5) is 0 Å². The van der Waals surface area contributed by atoms with Gasteiger partial charge in [-0.05, 0) is 0 Å². The number of amides is 2. The van der Waals surface area contributed by atoms with Crippen LogP contribution < -0.4 is 21.7 Å². The van der Waals surface area contributed by atoms with Crippen molar-refractivity contribution in [1.82, 2.24) is 9.80 Å². The number of aliphatic carboxylic acids is 2. The van der Waals surface area contributed by atoms with E-state index in [0.29, 0.717) is 0 Å². The molecule has 0 aromatic carbocycles. The molecule has 0 bridgehead atoms. The zero-order chi connectivity index (χ0) is 15.7. The van der Waals surface area contributed by atoms with E-state index >= 15 is 0 Å². The van der Waals surface area contributed by atoms with Crippen molar-refractivity contribution < 1.29 is 62.9 Å². The molecule has 147 valence electrons. The maximum absolute atomic E-state index is 10.8. The first kappa shape index (κ1) is 33.7. The van der Waals surface area contributed by atoms with Gasteiger partial charge in [0.1, 0.15) is 0 Å². The molecule has 0 saturated heterocycles. The molecule has 1 radical (unpaired) electrons. The van der Waals surface area contributed by atoms with Crippen molar-refractivity contribution in [2.45, 2.75) is 0 Å². The number of rotatable bonds is 11. The van der Waals surface area contributed by atoms with Crippen LogP contribution in [0.1, 0.15) is 0 Å². The summed E-state index contributed by atoms with van der Waals surface area (Å²) in [6.45, 7) is -1.75. The molecular formula is C10H23CuN4O9+. The van der Waals surface area contributed by atoms with Crippen molar-refractivity contribution in [3.63, 3.8) is 0 Å². The summed E-state index contributed by atoms with van der Waals surface area (Å²) in [6.07, 6.45) is 0. The Kier molecular flexibility index (Phi) is 24.7. The van der Waals surface area contributed by atoms with E-state index in [4.69, 9.17) is 11.5 Å². The number of hydrogen-bond acceptors (Lipinski definition) is 8. The van der Waals surface area contributed by atoms with Gasteiger partial charge in [-0.25, -0.2) is 0 Å². The van der Waals surface area contributed by atoms with E-state index < -0.39 is 36.8 Å². The molecule has 2 amide bonds. The number of nitrogens with zero attached hydrogens (tertiary/aromatic N) is 2. The van der Waals surface area contributed by atoms with Gasteiger partial charge in [-0.15, -0.1) is 0 Å². The number of nitrogens with two attached hydrogens (primary N) is 2. The first-order valence-corrected chi connectivity index (χ1v) is 5.61. The summed E-state index contributed by atoms with van der Waals surface area (Å²) in [4.78, 5) is 44.8. The number of carboxylic acid groups (broad SMARTS) is 2. The second kappa shape index (κ2) is 17.6. The van der Waals surface area contributed by atoms with Gasteiger partial charge >= 0.3 is 17.1 Å². The van der Waals surface area contributed by atoms with Gasteiger partial charge in [0, 0.05) is 26.2 Å². The van der Waals surface area contributed by atoms with Gasteiger partial charge < -0.3 is 47.7 Å². The molecule has 0 fully saturated rings. The molecule has 0 rings (SSSR count). The normalized spacial score (nSPS) is 8.92. The van der Waals surface area contributed by atoms with Gasteiger partial charge in [-0.1, -0.05) is 0 Å². The SMILES string of the molecule is NC(=O)CN(CCN(CC(N)=O)CC(=O)[O-])CC(=O)[O-].O.O.[Cu+2].[OH3+]. The van der Waals surface area contributed by atoms with Crippen molar-refractivity contribution in [3.8, 4) is 0 Å². The quantitative estimate of drug-likeness (QED) is 0.244. The third kappa shape index (κ3) is 20.2. The Hall–Kier alpha value is -1.80. The maximum atomic E-state index is 10.8. The van der Waals surface area contributed by atoms with Crippen LogP contribution in [0.5, 0.6) is 0 Å². The molecule has 0 spiro atoms. The minimum absolute atomic E-state index is 0. The van der Waals surface area contributed by atoms with Crippen molar-refractivity contribution in [2.75, 3.05) is 39.3 Å². The Morgan fingerprint density at radius 1 is 0.708 bits per heavy atom. The van der Waals surface area contributed by atoms with E-state index in [2.05, 4.69) is 0 Å². The summed E-state index contributed by atoms with van der Waals surface area (Å²) < 4.78 is 0. The predicted molar refractivity (Wildman–Crippen MR) is 73.4 cm³/mol. The van der Waals surface area contributed by atoms with E-state index in [1.54, 1.807) is 0 Å². The van der Waals surface area contributed by atoms with Crippen LogP contribution in [0.25, 0.3) is 0 Å². The third-order valence-electron chi connectivity index (χ3n) is 2.20. The van der Waals surface area contributed by atoms with Crippen LogP contribution in [0, 0.1) is 0 Å². The Balaban J connectivity index is -0.000000301. The average Bonchev–Trinajstić information content (AvgIpc) is 2.22. The maximum Gasteiger partial charge on any atom is 2.00 e. The Morgan fingerprint density at radius 2 is 0.958 bits per heavy atom. The van der Waals surface area contributed by atoms with Gasteiger partial charge in [-0.3, -0.25) is 19.4 Å². The fourth-order valence-electron chi connectivity index (χ4n) is 1.52. The van der Waals surface area contributed by atoms with Crippen LogP contribution in [-0.2, 0) is 41.7 Å². The molecule has 14 heteroatoms. The zero-order valence-corrected chi connectivity index (χ0v) is 13.6. The second-order valence-corrected chi connectivity index (χ2v) is 4.10. The standard InChI is InChI=1S/C10H18N4O6.Cu.3H2O/c11-7(15)3-13(5-9(17)18)1-2-14(4-8(12)16)6-10(19)20;;;;/h1-6H2,(H2,11,15)(H2,12,16)(H,17,18)(H,19,20);;3*1H2/q;+2;;;/p-1. The monoisotopic (exact) mass is 406 g/mol. The molecule has 0 aliphatic rings. The summed E-state index contributed by atoms with van der Waals surface area (Å²) >= 11 is 0. The molecule has 0 unspecified atom stereocenters. The number of carbonyl (C=O) groups is 4. The number of carbonyl (C=O) groups excluding carboxylic acids is 4. The topological polar surface area (TPSA) is 269 Å². The van der Waals surface area contributed by atoms with Gasteiger partial charge in [-0.2, -0.15) is 0 Å². The van der Waals surface area contributed by atoms with E-state index in [1.165, 1.54) is 0 Å². The summed E-state index contributed by atoms with van der Waals surface area (Å²) in [6, 6.07) is 0. The summed E-state index contributed by atoms with van der Waals surface area (Å²) in [7, 11) is 0. The second-order valence-electron chi connectivity index (χ2n) is 4.10. The molecule has 0 heterocycles. The molecule has 0 aliphatic carbocycles. The van der Waals surface area contributed by atoms with E-state index in [1.807, 2.05) is 0 Å². The Bertz CT molecular complexity index is 329. The van der Waals surface area contributed by atoms with E-state index in [-0.39, 0.29) is 59.7 Å². The van der Waals surface area contributed by atoms with Crippen molar-refractivity contribution in [2.24, 2.45) is 11.5 Å². The zero-order valence-electron chi connectivity index (χ0n) is 12.6. The van der Waals surface area contributed by atoms with Crippen LogP contribution in [-0.4, -0.2) is 83.8 Å². The Labute approximate surface area is 147 Å². The fourth-order valence-corrected chi connectivity index (χ4v) is 1.52. The van der Waals surface area contributed by atoms with E-state index in [0.717, 1.165) is 9.80 Å². The van der Waals surface area contributed by atoms with Crippen molar-refractivity contribution in [3.05, 3.63) is 0 Å². The molecule has 0 aromatic rings. The largest absolute Gasteiger partial charge is 2.00 e. The van der Waals surface area contributed by atoms with Crippen LogP contribution in [0.2, 0.25) is 0 Å². The molecule has 11 N–H and O–H groups in total. The average molecular weight is 407 g/mol. The summed E-state index contributed by atoms with van der Waals surface area (Å²) in [5, 5.41) is 21.0. The smallest absolute Gasteiger partial charge is 0.549 e. The fraction of sp³-hybridized carbons (Fsp3) is 0.600. The third-order valence-corrected chi connectivity index (χ3v) is 2.20. The number of hydrogen-bond donors (Lipinski definition) is 2. The molecule has 24 heavy (non-hydrogen) atoms. The molecule has 0 saturated carbocycles. The van der Waals surface area contributed by atoms with Crippen LogP contribution in [0.3, 0.4) is 0 Å². The molecule has 0 aromatic heterocycles. The molecule has 0 aliphatic heterocycles. The van der Waals surface area contributed by atoms with Crippen molar-refractivity contribution in [1.29, 1.82) is 0 Å². The number of carboxylic acids is 2. The first-order chi connectivity index (χ1) is 9.20. The predicted octanol–water partition coefficient (Wildman–Crippen LogP) is -8.51.